The smallest absolute Gasteiger partial charge is 0.0103 e. The van der Waals surface area contributed by atoms with Crippen LogP contribution >= 0.6 is 23.5 Å². The second-order valence-electron chi connectivity index (χ2n) is 3.45. The maximum absolute atomic E-state index is 5.47. The minimum atomic E-state index is 0.701. The van der Waals surface area contributed by atoms with Crippen LogP contribution in [0.5, 0.6) is 0 Å². The van der Waals surface area contributed by atoms with Crippen LogP contribution in [0.3, 0.4) is 0 Å². The second-order valence-corrected chi connectivity index (χ2v) is 6.13. The highest BCUT2D eigenvalue weighted by molar-refractivity contribution is 8.00. The largest absolute Gasteiger partial charge is 0.330 e. The van der Waals surface area contributed by atoms with E-state index in [4.69, 9.17) is 5.73 Å². The van der Waals surface area contributed by atoms with Gasteiger partial charge in [0.1, 0.15) is 0 Å². The quantitative estimate of drug-likeness (QED) is 0.770. The van der Waals surface area contributed by atoms with E-state index in [1.807, 2.05) is 23.5 Å². The molecule has 3 heteroatoms. The molecule has 0 spiro atoms. The second kappa shape index (κ2) is 7.20. The molecule has 1 aromatic rings. The molecule has 15 heavy (non-hydrogen) atoms. The highest BCUT2D eigenvalue weighted by atomic mass is 32.2. The third-order valence-corrected chi connectivity index (χ3v) is 4.45. The molecular weight excluding hydrogens is 222 g/mol. The lowest BCUT2D eigenvalue weighted by molar-refractivity contribution is 0.905. The number of thioether (sulfide) groups is 2. The summed E-state index contributed by atoms with van der Waals surface area (Å²) in [6.45, 7) is 5.24. The monoisotopic (exact) mass is 241 g/mol. The summed E-state index contributed by atoms with van der Waals surface area (Å²) in [6.07, 6.45) is 1.22. The van der Waals surface area contributed by atoms with Gasteiger partial charge in [-0.2, -0.15) is 0 Å². The minimum Gasteiger partial charge on any atom is -0.330 e. The van der Waals surface area contributed by atoms with Crippen molar-refractivity contribution in [3.8, 4) is 0 Å². The SMILES string of the molecule is CCC(C)Sc1ccc(SCCN)cc1. The maximum atomic E-state index is 5.47. The average molecular weight is 241 g/mol. The van der Waals surface area contributed by atoms with Crippen molar-refractivity contribution in [2.75, 3.05) is 12.3 Å². The Hall–Kier alpha value is -0.120. The Bertz CT molecular complexity index is 271. The standard InChI is InChI=1S/C12H19NS2/c1-3-10(2)15-12-6-4-11(5-7-12)14-9-8-13/h4-7,10H,3,8-9,13H2,1-2H3. The van der Waals surface area contributed by atoms with E-state index in [1.54, 1.807) is 0 Å². The molecule has 0 aliphatic carbocycles. The van der Waals surface area contributed by atoms with Crippen LogP contribution in [0, 0.1) is 0 Å². The van der Waals surface area contributed by atoms with Gasteiger partial charge in [-0.1, -0.05) is 13.8 Å². The van der Waals surface area contributed by atoms with E-state index in [1.165, 1.54) is 16.2 Å². The van der Waals surface area contributed by atoms with Crippen LogP contribution in [-0.2, 0) is 0 Å². The third kappa shape index (κ3) is 4.96. The first-order chi connectivity index (χ1) is 7.26. The first-order valence-corrected chi connectivity index (χ1v) is 7.22. The molecule has 0 amide bonds. The zero-order valence-electron chi connectivity index (χ0n) is 9.40. The summed E-state index contributed by atoms with van der Waals surface area (Å²) in [4.78, 5) is 2.68. The summed E-state index contributed by atoms with van der Waals surface area (Å²) < 4.78 is 0. The molecule has 0 saturated carbocycles. The van der Waals surface area contributed by atoms with Gasteiger partial charge in [0, 0.05) is 27.3 Å². The number of rotatable bonds is 6. The third-order valence-electron chi connectivity index (χ3n) is 2.12. The molecule has 0 heterocycles. The fourth-order valence-corrected chi connectivity index (χ4v) is 2.71. The van der Waals surface area contributed by atoms with Gasteiger partial charge >= 0.3 is 0 Å². The molecule has 0 aromatic heterocycles. The number of nitrogens with two attached hydrogens (primary N) is 1. The Morgan fingerprint density at radius 1 is 1.20 bits per heavy atom. The Kier molecular flexibility index (Phi) is 6.22. The molecule has 0 radical (unpaired) electrons. The van der Waals surface area contributed by atoms with Crippen LogP contribution in [-0.4, -0.2) is 17.5 Å². The van der Waals surface area contributed by atoms with Crippen molar-refractivity contribution in [1.82, 2.24) is 0 Å². The zero-order valence-corrected chi connectivity index (χ0v) is 11.0. The fraction of sp³-hybridized carbons (Fsp3) is 0.500. The number of hydrogen-bond donors (Lipinski definition) is 1. The van der Waals surface area contributed by atoms with Crippen LogP contribution < -0.4 is 5.73 Å². The Labute approximate surface area is 101 Å². The van der Waals surface area contributed by atoms with Crippen LogP contribution in [0.2, 0.25) is 0 Å². The Morgan fingerprint density at radius 2 is 1.80 bits per heavy atom. The van der Waals surface area contributed by atoms with Crippen LogP contribution in [0.15, 0.2) is 34.1 Å². The molecule has 84 valence electrons. The predicted molar refractivity (Wildman–Crippen MR) is 71.8 cm³/mol. The molecule has 2 N–H and O–H groups in total. The lowest BCUT2D eigenvalue weighted by Gasteiger charge is -2.08. The Balaban J connectivity index is 2.48. The van der Waals surface area contributed by atoms with E-state index < -0.39 is 0 Å². The Morgan fingerprint density at radius 3 is 2.33 bits per heavy atom. The summed E-state index contributed by atoms with van der Waals surface area (Å²) >= 11 is 3.76. The minimum absolute atomic E-state index is 0.701. The molecule has 0 aliphatic rings. The average Bonchev–Trinajstić information content (AvgIpc) is 2.28. The molecule has 1 atom stereocenters. The highest BCUT2D eigenvalue weighted by Crippen LogP contribution is 2.27. The molecule has 0 fully saturated rings. The molecule has 1 nitrogen and oxygen atoms in total. The number of hydrogen-bond acceptors (Lipinski definition) is 3. The van der Waals surface area contributed by atoms with Gasteiger partial charge in [0.2, 0.25) is 0 Å². The molecule has 1 rings (SSSR count). The topological polar surface area (TPSA) is 26.0 Å². The van der Waals surface area contributed by atoms with Gasteiger partial charge in [-0.05, 0) is 30.7 Å². The lowest BCUT2D eigenvalue weighted by Crippen LogP contribution is -2.00. The first kappa shape index (κ1) is 12.9. The molecule has 0 saturated heterocycles. The van der Waals surface area contributed by atoms with Gasteiger partial charge in [-0.25, -0.2) is 0 Å². The van der Waals surface area contributed by atoms with Gasteiger partial charge in [-0.15, -0.1) is 23.5 Å². The van der Waals surface area contributed by atoms with E-state index in [0.29, 0.717) is 5.25 Å². The highest BCUT2D eigenvalue weighted by Gasteiger charge is 2.01. The van der Waals surface area contributed by atoms with Gasteiger partial charge in [0.25, 0.3) is 0 Å². The summed E-state index contributed by atoms with van der Waals surface area (Å²) in [5, 5.41) is 0.701. The van der Waals surface area contributed by atoms with Crippen molar-refractivity contribution in [3.05, 3.63) is 24.3 Å². The summed E-state index contributed by atoms with van der Waals surface area (Å²) in [7, 11) is 0. The van der Waals surface area contributed by atoms with Crippen molar-refractivity contribution in [1.29, 1.82) is 0 Å². The van der Waals surface area contributed by atoms with Gasteiger partial charge < -0.3 is 5.73 Å². The first-order valence-electron chi connectivity index (χ1n) is 5.35. The van der Waals surface area contributed by atoms with E-state index in [2.05, 4.69) is 38.1 Å². The molecule has 1 unspecified atom stereocenters. The fourth-order valence-electron chi connectivity index (χ4n) is 1.11. The summed E-state index contributed by atoms with van der Waals surface area (Å²) in [6, 6.07) is 8.78. The van der Waals surface area contributed by atoms with Crippen molar-refractivity contribution in [2.45, 2.75) is 35.3 Å². The summed E-state index contributed by atoms with van der Waals surface area (Å²) in [5.41, 5.74) is 5.47. The van der Waals surface area contributed by atoms with Crippen molar-refractivity contribution >= 4 is 23.5 Å². The van der Waals surface area contributed by atoms with Crippen molar-refractivity contribution in [2.24, 2.45) is 5.73 Å². The van der Waals surface area contributed by atoms with Crippen LogP contribution in [0.1, 0.15) is 20.3 Å². The van der Waals surface area contributed by atoms with E-state index in [-0.39, 0.29) is 0 Å². The molecular formula is C12H19NS2. The van der Waals surface area contributed by atoms with Crippen molar-refractivity contribution in [3.63, 3.8) is 0 Å². The molecule has 1 aromatic carbocycles. The van der Waals surface area contributed by atoms with Crippen LogP contribution in [0.25, 0.3) is 0 Å². The maximum Gasteiger partial charge on any atom is 0.0103 e. The van der Waals surface area contributed by atoms with Crippen molar-refractivity contribution < 1.29 is 0 Å². The van der Waals surface area contributed by atoms with Gasteiger partial charge in [-0.3, -0.25) is 0 Å². The predicted octanol–water partition coefficient (Wildman–Crippen LogP) is 3.63. The summed E-state index contributed by atoms with van der Waals surface area (Å²) in [5.74, 6) is 0.998. The van der Waals surface area contributed by atoms with Gasteiger partial charge in [0.05, 0.1) is 0 Å². The van der Waals surface area contributed by atoms with E-state index >= 15 is 0 Å². The van der Waals surface area contributed by atoms with E-state index in [9.17, 15) is 0 Å². The van der Waals surface area contributed by atoms with Gasteiger partial charge in [0.15, 0.2) is 0 Å². The lowest BCUT2D eigenvalue weighted by atomic mass is 10.4. The zero-order chi connectivity index (χ0) is 11.1. The number of benzene rings is 1. The normalized spacial score (nSPS) is 12.7. The van der Waals surface area contributed by atoms with Crippen LogP contribution in [0.4, 0.5) is 0 Å². The van der Waals surface area contributed by atoms with E-state index in [0.717, 1.165) is 12.3 Å². The molecule has 0 aliphatic heterocycles. The molecule has 0 bridgehead atoms.